The summed E-state index contributed by atoms with van der Waals surface area (Å²) in [5.74, 6) is -6.31. The molecule has 0 aliphatic heterocycles. The monoisotopic (exact) mass is 424 g/mol. The van der Waals surface area contributed by atoms with Crippen LogP contribution in [0.4, 0.5) is 4.39 Å². The lowest BCUT2D eigenvalue weighted by molar-refractivity contribution is 0.0676. The van der Waals surface area contributed by atoms with Gasteiger partial charge in [0.15, 0.2) is 0 Å². The van der Waals surface area contributed by atoms with Gasteiger partial charge in [0.25, 0.3) is 0 Å². The van der Waals surface area contributed by atoms with Crippen molar-refractivity contribution >= 4 is 23.9 Å². The van der Waals surface area contributed by atoms with Gasteiger partial charge in [-0.25, -0.2) is 23.6 Å². The van der Waals surface area contributed by atoms with Gasteiger partial charge >= 0.3 is 23.9 Å². The molecule has 9 heteroatoms. The predicted octanol–water partition coefficient (Wildman–Crippen LogP) is 3.95. The first-order valence-corrected chi connectivity index (χ1v) is 8.60. The van der Waals surface area contributed by atoms with Crippen LogP contribution in [0.5, 0.6) is 0 Å². The Kier molecular flexibility index (Phi) is 5.52. The van der Waals surface area contributed by atoms with Crippen LogP contribution in [0.2, 0.25) is 0 Å². The SMILES string of the molecule is O=C(O)c1cc(C(=O)O)cc(-c2ccc(-c3cc(C(=O)O)cc(C(=O)O)c3)c(F)c2)c1. The summed E-state index contributed by atoms with van der Waals surface area (Å²) in [4.78, 5) is 45.1. The van der Waals surface area contributed by atoms with E-state index in [0.29, 0.717) is 0 Å². The first-order valence-electron chi connectivity index (χ1n) is 8.60. The summed E-state index contributed by atoms with van der Waals surface area (Å²) in [6.45, 7) is 0. The van der Waals surface area contributed by atoms with Crippen molar-refractivity contribution < 1.29 is 44.0 Å². The standard InChI is InChI=1S/C22H13FO8/c23-18-9-10(11-3-13(19(24)25)7-14(4-11)20(26)27)1-2-17(18)12-5-15(21(28)29)8-16(6-12)22(30)31/h1-9H,(H,24,25)(H,26,27)(H,28,29)(H,30,31). The van der Waals surface area contributed by atoms with Gasteiger partial charge in [-0.2, -0.15) is 0 Å². The maximum Gasteiger partial charge on any atom is 0.335 e. The molecule has 0 atom stereocenters. The zero-order chi connectivity index (χ0) is 22.9. The average molecular weight is 424 g/mol. The average Bonchev–Trinajstić information content (AvgIpc) is 2.72. The quantitative estimate of drug-likeness (QED) is 0.465. The molecule has 0 aromatic heterocycles. The van der Waals surface area contributed by atoms with E-state index in [2.05, 4.69) is 0 Å². The van der Waals surface area contributed by atoms with Crippen LogP contribution >= 0.6 is 0 Å². The molecule has 0 heterocycles. The fourth-order valence-corrected chi connectivity index (χ4v) is 3.00. The molecule has 0 aliphatic rings. The highest BCUT2D eigenvalue weighted by Crippen LogP contribution is 2.30. The van der Waals surface area contributed by atoms with Gasteiger partial charge in [-0.15, -0.1) is 0 Å². The van der Waals surface area contributed by atoms with E-state index < -0.39 is 29.7 Å². The molecule has 0 unspecified atom stereocenters. The van der Waals surface area contributed by atoms with Crippen LogP contribution in [0.25, 0.3) is 22.3 Å². The summed E-state index contributed by atoms with van der Waals surface area (Å²) in [6, 6.07) is 10.2. The first-order chi connectivity index (χ1) is 14.6. The number of halogens is 1. The minimum Gasteiger partial charge on any atom is -0.478 e. The van der Waals surface area contributed by atoms with Crippen molar-refractivity contribution in [2.75, 3.05) is 0 Å². The largest absolute Gasteiger partial charge is 0.478 e. The molecule has 156 valence electrons. The molecule has 0 amide bonds. The molecule has 31 heavy (non-hydrogen) atoms. The van der Waals surface area contributed by atoms with E-state index in [1.807, 2.05) is 0 Å². The number of hydrogen-bond donors (Lipinski definition) is 4. The van der Waals surface area contributed by atoms with Crippen LogP contribution in [0, 0.1) is 5.82 Å². The minimum absolute atomic E-state index is 0.0202. The molecule has 8 nitrogen and oxygen atoms in total. The maximum atomic E-state index is 14.9. The van der Waals surface area contributed by atoms with Crippen LogP contribution < -0.4 is 0 Å². The van der Waals surface area contributed by atoms with E-state index >= 15 is 0 Å². The van der Waals surface area contributed by atoms with Crippen molar-refractivity contribution in [2.24, 2.45) is 0 Å². The summed E-state index contributed by atoms with van der Waals surface area (Å²) in [6.07, 6.45) is 0. The summed E-state index contributed by atoms with van der Waals surface area (Å²) >= 11 is 0. The molecule has 0 aliphatic carbocycles. The Morgan fingerprint density at radius 1 is 0.516 bits per heavy atom. The zero-order valence-corrected chi connectivity index (χ0v) is 15.5. The Morgan fingerprint density at radius 3 is 1.26 bits per heavy atom. The summed E-state index contributed by atoms with van der Waals surface area (Å²) in [5.41, 5.74) is -0.987. The number of benzene rings is 3. The van der Waals surface area contributed by atoms with Gasteiger partial charge in [0.1, 0.15) is 5.82 Å². The van der Waals surface area contributed by atoms with Gasteiger partial charge in [-0.3, -0.25) is 0 Å². The molecule has 0 saturated carbocycles. The maximum absolute atomic E-state index is 14.9. The Balaban J connectivity index is 2.13. The molecule has 3 aromatic carbocycles. The Bertz CT molecular complexity index is 1200. The van der Waals surface area contributed by atoms with E-state index in [1.54, 1.807) is 0 Å². The highest BCUT2D eigenvalue weighted by atomic mass is 19.1. The predicted molar refractivity (Wildman–Crippen MR) is 105 cm³/mol. The van der Waals surface area contributed by atoms with Crippen molar-refractivity contribution in [3.05, 3.63) is 82.7 Å². The van der Waals surface area contributed by atoms with E-state index in [-0.39, 0.29) is 44.5 Å². The van der Waals surface area contributed by atoms with Crippen LogP contribution in [0.1, 0.15) is 41.4 Å². The molecule has 4 N–H and O–H groups in total. The fourth-order valence-electron chi connectivity index (χ4n) is 3.00. The first kappa shape index (κ1) is 21.2. The second kappa shape index (κ2) is 8.07. The molecule has 3 rings (SSSR count). The fraction of sp³-hybridized carbons (Fsp3) is 0. The Labute approximate surface area is 173 Å². The van der Waals surface area contributed by atoms with Gasteiger partial charge in [-0.1, -0.05) is 12.1 Å². The normalized spacial score (nSPS) is 10.5. The summed E-state index contributed by atoms with van der Waals surface area (Å²) in [5, 5.41) is 36.7. The third-order valence-electron chi connectivity index (χ3n) is 4.47. The smallest absolute Gasteiger partial charge is 0.335 e. The number of hydrogen-bond acceptors (Lipinski definition) is 4. The number of rotatable bonds is 6. The van der Waals surface area contributed by atoms with Crippen molar-refractivity contribution in [1.82, 2.24) is 0 Å². The number of carbonyl (C=O) groups is 4. The second-order valence-corrected chi connectivity index (χ2v) is 6.51. The van der Waals surface area contributed by atoms with E-state index in [0.717, 1.165) is 30.3 Å². The van der Waals surface area contributed by atoms with Crippen LogP contribution in [-0.2, 0) is 0 Å². The van der Waals surface area contributed by atoms with Gasteiger partial charge in [0.05, 0.1) is 22.3 Å². The van der Waals surface area contributed by atoms with Crippen molar-refractivity contribution in [3.63, 3.8) is 0 Å². The topological polar surface area (TPSA) is 149 Å². The Morgan fingerprint density at radius 2 is 0.903 bits per heavy atom. The molecule has 0 fully saturated rings. The zero-order valence-electron chi connectivity index (χ0n) is 15.5. The molecule has 0 bridgehead atoms. The third kappa shape index (κ3) is 4.40. The molecule has 0 saturated heterocycles. The van der Waals surface area contributed by atoms with Crippen molar-refractivity contribution in [2.45, 2.75) is 0 Å². The van der Waals surface area contributed by atoms with E-state index in [9.17, 15) is 44.0 Å². The lowest BCUT2D eigenvalue weighted by Gasteiger charge is -2.10. The number of carboxylic acids is 4. The van der Waals surface area contributed by atoms with Gasteiger partial charge in [0.2, 0.25) is 0 Å². The van der Waals surface area contributed by atoms with Crippen LogP contribution in [0.15, 0.2) is 54.6 Å². The summed E-state index contributed by atoms with van der Waals surface area (Å²) < 4.78 is 14.9. The highest BCUT2D eigenvalue weighted by molar-refractivity contribution is 5.97. The lowest BCUT2D eigenvalue weighted by atomic mass is 9.95. The second-order valence-electron chi connectivity index (χ2n) is 6.51. The molecule has 0 spiro atoms. The number of aromatic carboxylic acids is 4. The highest BCUT2D eigenvalue weighted by Gasteiger charge is 2.17. The van der Waals surface area contributed by atoms with Crippen molar-refractivity contribution in [3.8, 4) is 22.3 Å². The molecule has 3 aromatic rings. The van der Waals surface area contributed by atoms with E-state index in [1.165, 1.54) is 24.3 Å². The minimum atomic E-state index is -1.38. The summed E-state index contributed by atoms with van der Waals surface area (Å²) in [7, 11) is 0. The molecule has 0 radical (unpaired) electrons. The van der Waals surface area contributed by atoms with Gasteiger partial charge in [-0.05, 0) is 59.2 Å². The van der Waals surface area contributed by atoms with Crippen LogP contribution in [-0.4, -0.2) is 44.3 Å². The van der Waals surface area contributed by atoms with Crippen LogP contribution in [0.3, 0.4) is 0 Å². The lowest BCUT2D eigenvalue weighted by Crippen LogP contribution is -2.04. The van der Waals surface area contributed by atoms with Gasteiger partial charge in [0, 0.05) is 5.56 Å². The molecular formula is C22H13FO8. The Hall–Kier alpha value is -4.53. The van der Waals surface area contributed by atoms with Crippen molar-refractivity contribution in [1.29, 1.82) is 0 Å². The third-order valence-corrected chi connectivity index (χ3v) is 4.47. The van der Waals surface area contributed by atoms with E-state index in [4.69, 9.17) is 0 Å². The molecular weight excluding hydrogens is 411 g/mol. The number of carboxylic acid groups (broad SMARTS) is 4. The van der Waals surface area contributed by atoms with Gasteiger partial charge < -0.3 is 20.4 Å².